The van der Waals surface area contributed by atoms with Crippen LogP contribution in [0.4, 0.5) is 17.1 Å². The standard InChI is InChI=1S/C42H29N3/c1-3-10-37(11-4-1)45(38-12-5-2-6-13-38)39-23-21-30(22-24-39)31-17-18-32-28-36-29-34(20-19-33(36)27-35(32)26-31)40-15-9-16-42(44-40)41-14-7-8-25-43-41/h1-29H. The van der Waals surface area contributed by atoms with Gasteiger partial charge in [-0.05, 0) is 118 Å². The van der Waals surface area contributed by atoms with Crippen LogP contribution in [0.15, 0.2) is 176 Å². The topological polar surface area (TPSA) is 29.0 Å². The molecule has 0 amide bonds. The molecule has 6 aromatic carbocycles. The number of anilines is 3. The number of aromatic nitrogens is 2. The van der Waals surface area contributed by atoms with Gasteiger partial charge in [-0.2, -0.15) is 0 Å². The summed E-state index contributed by atoms with van der Waals surface area (Å²) in [6.07, 6.45) is 1.80. The Hall–Kier alpha value is -6.06. The van der Waals surface area contributed by atoms with E-state index in [-0.39, 0.29) is 0 Å². The molecule has 0 aliphatic carbocycles. The van der Waals surface area contributed by atoms with Crippen molar-refractivity contribution < 1.29 is 0 Å². The summed E-state index contributed by atoms with van der Waals surface area (Å²) >= 11 is 0. The zero-order chi connectivity index (χ0) is 30.0. The van der Waals surface area contributed by atoms with Gasteiger partial charge in [0.25, 0.3) is 0 Å². The molecule has 45 heavy (non-hydrogen) atoms. The van der Waals surface area contributed by atoms with E-state index < -0.39 is 0 Å². The lowest BCUT2D eigenvalue weighted by Crippen LogP contribution is -2.09. The lowest BCUT2D eigenvalue weighted by Gasteiger charge is -2.25. The molecule has 0 unspecified atom stereocenters. The van der Waals surface area contributed by atoms with Gasteiger partial charge >= 0.3 is 0 Å². The predicted octanol–water partition coefficient (Wildman–Crippen LogP) is 11.3. The highest BCUT2D eigenvalue weighted by molar-refractivity contribution is 6.01. The van der Waals surface area contributed by atoms with E-state index in [0.29, 0.717) is 0 Å². The number of benzene rings is 6. The number of rotatable bonds is 6. The molecule has 8 aromatic rings. The average Bonchev–Trinajstić information content (AvgIpc) is 3.12. The molecule has 0 aliphatic rings. The summed E-state index contributed by atoms with van der Waals surface area (Å²) in [5, 5.41) is 4.85. The predicted molar refractivity (Wildman–Crippen MR) is 188 cm³/mol. The van der Waals surface area contributed by atoms with Crippen LogP contribution in [0.3, 0.4) is 0 Å². The van der Waals surface area contributed by atoms with Crippen LogP contribution >= 0.6 is 0 Å². The molecule has 8 rings (SSSR count). The maximum atomic E-state index is 4.91. The van der Waals surface area contributed by atoms with Gasteiger partial charge in [0.05, 0.1) is 17.1 Å². The Morgan fingerprint density at radius 1 is 0.333 bits per heavy atom. The molecule has 0 radical (unpaired) electrons. The third-order valence-corrected chi connectivity index (χ3v) is 8.26. The summed E-state index contributed by atoms with van der Waals surface area (Å²) in [7, 11) is 0. The van der Waals surface area contributed by atoms with Crippen LogP contribution in [0.1, 0.15) is 0 Å². The molecular formula is C42H29N3. The van der Waals surface area contributed by atoms with Crippen LogP contribution < -0.4 is 4.90 Å². The molecule has 0 spiro atoms. The van der Waals surface area contributed by atoms with Crippen molar-refractivity contribution >= 4 is 38.6 Å². The van der Waals surface area contributed by atoms with Gasteiger partial charge in [-0.25, -0.2) is 4.98 Å². The Kier molecular flexibility index (Phi) is 6.82. The molecule has 0 saturated heterocycles. The van der Waals surface area contributed by atoms with Crippen LogP contribution in [0.5, 0.6) is 0 Å². The molecule has 3 nitrogen and oxygen atoms in total. The normalized spacial score (nSPS) is 11.1. The molecule has 3 heteroatoms. The van der Waals surface area contributed by atoms with Crippen LogP contribution in [0.25, 0.3) is 55.3 Å². The second-order valence-electron chi connectivity index (χ2n) is 11.2. The summed E-state index contributed by atoms with van der Waals surface area (Å²) < 4.78 is 0. The van der Waals surface area contributed by atoms with Crippen LogP contribution in [0.2, 0.25) is 0 Å². The summed E-state index contributed by atoms with van der Waals surface area (Å²) in [4.78, 5) is 11.7. The number of nitrogens with zero attached hydrogens (tertiary/aromatic N) is 3. The van der Waals surface area contributed by atoms with Gasteiger partial charge in [0.15, 0.2) is 0 Å². The van der Waals surface area contributed by atoms with Crippen molar-refractivity contribution in [2.45, 2.75) is 0 Å². The zero-order valence-electron chi connectivity index (χ0n) is 24.6. The highest BCUT2D eigenvalue weighted by Gasteiger charge is 2.12. The number of fused-ring (bicyclic) bond motifs is 2. The SMILES string of the molecule is c1ccc(N(c2ccccc2)c2ccc(-c3ccc4cc5cc(-c6cccc(-c7ccccn7)n6)ccc5cc4c3)cc2)cc1. The van der Waals surface area contributed by atoms with Crippen molar-refractivity contribution in [3.05, 3.63) is 176 Å². The first-order chi connectivity index (χ1) is 22.3. The van der Waals surface area contributed by atoms with Gasteiger partial charge in [0, 0.05) is 28.8 Å². The smallest absolute Gasteiger partial charge is 0.0893 e. The summed E-state index contributed by atoms with van der Waals surface area (Å²) in [6, 6.07) is 59.8. The van der Waals surface area contributed by atoms with Gasteiger partial charge in [-0.1, -0.05) is 84.9 Å². The second kappa shape index (κ2) is 11.6. The van der Waals surface area contributed by atoms with Crippen LogP contribution in [-0.2, 0) is 0 Å². The molecular weight excluding hydrogens is 546 g/mol. The van der Waals surface area contributed by atoms with Crippen molar-refractivity contribution in [1.29, 1.82) is 0 Å². The van der Waals surface area contributed by atoms with E-state index in [4.69, 9.17) is 4.98 Å². The molecule has 0 bridgehead atoms. The highest BCUT2D eigenvalue weighted by Crippen LogP contribution is 2.36. The Balaban J connectivity index is 1.11. The van der Waals surface area contributed by atoms with Gasteiger partial charge in [0.2, 0.25) is 0 Å². The Morgan fingerprint density at radius 3 is 1.51 bits per heavy atom. The van der Waals surface area contributed by atoms with Gasteiger partial charge in [-0.15, -0.1) is 0 Å². The van der Waals surface area contributed by atoms with E-state index in [9.17, 15) is 0 Å². The van der Waals surface area contributed by atoms with Crippen molar-refractivity contribution in [3.8, 4) is 33.8 Å². The Labute approximate surface area is 262 Å². The van der Waals surface area contributed by atoms with Crippen molar-refractivity contribution in [3.63, 3.8) is 0 Å². The lowest BCUT2D eigenvalue weighted by atomic mass is 9.97. The fraction of sp³-hybridized carbons (Fsp3) is 0. The summed E-state index contributed by atoms with van der Waals surface area (Å²) in [5.74, 6) is 0. The minimum absolute atomic E-state index is 0.875. The quantitative estimate of drug-likeness (QED) is 0.185. The Morgan fingerprint density at radius 2 is 0.867 bits per heavy atom. The first-order valence-corrected chi connectivity index (χ1v) is 15.2. The molecule has 0 fully saturated rings. The molecule has 2 heterocycles. The van der Waals surface area contributed by atoms with Gasteiger partial charge in [-0.3, -0.25) is 4.98 Å². The van der Waals surface area contributed by atoms with E-state index in [2.05, 4.69) is 149 Å². The molecule has 0 aliphatic heterocycles. The minimum Gasteiger partial charge on any atom is -0.311 e. The van der Waals surface area contributed by atoms with E-state index in [1.165, 1.54) is 32.7 Å². The Bertz CT molecular complexity index is 2210. The minimum atomic E-state index is 0.875. The highest BCUT2D eigenvalue weighted by atomic mass is 15.1. The second-order valence-corrected chi connectivity index (χ2v) is 11.2. The molecule has 0 atom stereocenters. The zero-order valence-corrected chi connectivity index (χ0v) is 24.6. The fourth-order valence-electron chi connectivity index (χ4n) is 5.99. The van der Waals surface area contributed by atoms with E-state index >= 15 is 0 Å². The third-order valence-electron chi connectivity index (χ3n) is 8.26. The first-order valence-electron chi connectivity index (χ1n) is 15.2. The van der Waals surface area contributed by atoms with Gasteiger partial charge < -0.3 is 4.90 Å². The monoisotopic (exact) mass is 575 g/mol. The van der Waals surface area contributed by atoms with E-state index in [1.54, 1.807) is 6.20 Å². The van der Waals surface area contributed by atoms with E-state index in [0.717, 1.165) is 39.7 Å². The number of hydrogen-bond donors (Lipinski definition) is 0. The molecule has 2 aromatic heterocycles. The largest absolute Gasteiger partial charge is 0.311 e. The van der Waals surface area contributed by atoms with Gasteiger partial charge in [0.1, 0.15) is 0 Å². The molecule has 0 N–H and O–H groups in total. The van der Waals surface area contributed by atoms with Crippen LogP contribution in [0, 0.1) is 0 Å². The summed E-state index contributed by atoms with van der Waals surface area (Å²) in [6.45, 7) is 0. The first kappa shape index (κ1) is 26.6. The lowest BCUT2D eigenvalue weighted by molar-refractivity contribution is 1.25. The summed E-state index contributed by atoms with van der Waals surface area (Å²) in [5.41, 5.74) is 9.57. The van der Waals surface area contributed by atoms with Crippen molar-refractivity contribution in [2.75, 3.05) is 4.90 Å². The number of pyridine rings is 2. The third kappa shape index (κ3) is 5.32. The van der Waals surface area contributed by atoms with Crippen molar-refractivity contribution in [1.82, 2.24) is 9.97 Å². The maximum Gasteiger partial charge on any atom is 0.0893 e. The van der Waals surface area contributed by atoms with Crippen LogP contribution in [-0.4, -0.2) is 9.97 Å². The molecule has 0 saturated carbocycles. The fourth-order valence-corrected chi connectivity index (χ4v) is 5.99. The number of para-hydroxylation sites is 2. The van der Waals surface area contributed by atoms with E-state index in [1.807, 2.05) is 30.3 Å². The molecule has 212 valence electrons. The van der Waals surface area contributed by atoms with Crippen molar-refractivity contribution in [2.24, 2.45) is 0 Å². The average molecular weight is 576 g/mol. The maximum absolute atomic E-state index is 4.91. The number of hydrogen-bond acceptors (Lipinski definition) is 3.